The van der Waals surface area contributed by atoms with Crippen molar-refractivity contribution < 1.29 is 13.5 Å². The van der Waals surface area contributed by atoms with E-state index in [2.05, 4.69) is 9.71 Å². The van der Waals surface area contributed by atoms with Crippen molar-refractivity contribution in [2.75, 3.05) is 4.72 Å². The molecule has 2 N–H and O–H groups in total. The van der Waals surface area contributed by atoms with Crippen molar-refractivity contribution in [3.05, 3.63) is 53.2 Å². The van der Waals surface area contributed by atoms with Crippen LogP contribution >= 0.6 is 0 Å². The maximum Gasteiger partial charge on any atom is 0.263 e. The normalized spacial score (nSPS) is 11.3. The summed E-state index contributed by atoms with van der Waals surface area (Å²) < 4.78 is 27.2. The maximum atomic E-state index is 12.4. The second-order valence-electron chi connectivity index (χ2n) is 4.53. The quantitative estimate of drug-likeness (QED) is 0.903. The Labute approximate surface area is 118 Å². The van der Waals surface area contributed by atoms with Gasteiger partial charge in [-0.05, 0) is 43.2 Å². The van der Waals surface area contributed by atoms with Crippen LogP contribution in [0.5, 0.6) is 0 Å². The molecule has 5 nitrogen and oxygen atoms in total. The van der Waals surface area contributed by atoms with Gasteiger partial charge in [-0.1, -0.05) is 18.2 Å². The van der Waals surface area contributed by atoms with Crippen LogP contribution < -0.4 is 4.72 Å². The van der Waals surface area contributed by atoms with E-state index in [-0.39, 0.29) is 17.3 Å². The summed E-state index contributed by atoms with van der Waals surface area (Å²) in [4.78, 5) is 4.26. The number of aliphatic hydroxyl groups excluding tert-OH is 1. The van der Waals surface area contributed by atoms with Crippen LogP contribution in [0.2, 0.25) is 0 Å². The van der Waals surface area contributed by atoms with E-state index in [0.717, 1.165) is 5.69 Å². The molecule has 0 spiro atoms. The smallest absolute Gasteiger partial charge is 0.263 e. The molecular formula is C14H16N2O3S. The average Bonchev–Trinajstić information content (AvgIpc) is 2.38. The summed E-state index contributed by atoms with van der Waals surface area (Å²) in [5, 5.41) is 9.12. The molecule has 1 aromatic heterocycles. The fraction of sp³-hybridized carbons (Fsp3) is 0.214. The average molecular weight is 292 g/mol. The zero-order chi connectivity index (χ0) is 14.8. The molecule has 0 unspecified atom stereocenters. The van der Waals surface area contributed by atoms with Crippen molar-refractivity contribution in [1.29, 1.82) is 0 Å². The Morgan fingerprint density at radius 1 is 1.20 bits per heavy atom. The molecule has 20 heavy (non-hydrogen) atoms. The van der Waals surface area contributed by atoms with Crippen LogP contribution in [0.4, 0.5) is 5.82 Å². The highest BCUT2D eigenvalue weighted by Crippen LogP contribution is 2.20. The molecule has 2 aromatic rings. The molecule has 0 radical (unpaired) electrons. The van der Waals surface area contributed by atoms with Gasteiger partial charge in [-0.15, -0.1) is 0 Å². The number of sulfonamides is 1. The van der Waals surface area contributed by atoms with Crippen molar-refractivity contribution in [1.82, 2.24) is 4.98 Å². The summed E-state index contributed by atoms with van der Waals surface area (Å²) >= 11 is 0. The van der Waals surface area contributed by atoms with E-state index in [1.165, 1.54) is 6.07 Å². The first kappa shape index (κ1) is 14.5. The lowest BCUT2D eigenvalue weighted by atomic mass is 10.2. The molecule has 2 rings (SSSR count). The Hall–Kier alpha value is -1.92. The summed E-state index contributed by atoms with van der Waals surface area (Å²) in [6, 6.07) is 9.94. The van der Waals surface area contributed by atoms with Gasteiger partial charge in [-0.25, -0.2) is 13.4 Å². The van der Waals surface area contributed by atoms with Gasteiger partial charge in [0.05, 0.1) is 11.5 Å². The van der Waals surface area contributed by atoms with Gasteiger partial charge in [-0.2, -0.15) is 0 Å². The van der Waals surface area contributed by atoms with Gasteiger partial charge in [0, 0.05) is 5.69 Å². The lowest BCUT2D eigenvalue weighted by Crippen LogP contribution is -2.15. The van der Waals surface area contributed by atoms with Gasteiger partial charge < -0.3 is 5.11 Å². The van der Waals surface area contributed by atoms with Gasteiger partial charge in [-0.3, -0.25) is 4.72 Å². The van der Waals surface area contributed by atoms with Crippen molar-refractivity contribution >= 4 is 15.8 Å². The molecule has 0 fully saturated rings. The number of pyridine rings is 1. The molecule has 6 heteroatoms. The van der Waals surface area contributed by atoms with E-state index >= 15 is 0 Å². The van der Waals surface area contributed by atoms with Crippen LogP contribution in [0.15, 0.2) is 41.3 Å². The van der Waals surface area contributed by atoms with Gasteiger partial charge in [0.15, 0.2) is 0 Å². The third-order valence-corrected chi connectivity index (χ3v) is 4.35. The van der Waals surface area contributed by atoms with Gasteiger partial charge in [0.25, 0.3) is 10.0 Å². The molecule has 0 saturated heterocycles. The molecule has 1 heterocycles. The third-order valence-electron chi connectivity index (χ3n) is 2.85. The zero-order valence-electron chi connectivity index (χ0n) is 11.3. The minimum absolute atomic E-state index is 0.146. The number of nitrogens with one attached hydrogen (secondary N) is 1. The number of rotatable bonds is 4. The standard InChI is InChI=1S/C14H16N2O3S/c1-10-6-7-12(9-17)8-13(10)20(18,19)16-14-5-3-4-11(2)15-14/h3-8,17H,9H2,1-2H3,(H,15,16). The number of anilines is 1. The fourth-order valence-electron chi connectivity index (χ4n) is 1.82. The van der Waals surface area contributed by atoms with Crippen LogP contribution in [0, 0.1) is 13.8 Å². The van der Waals surface area contributed by atoms with E-state index < -0.39 is 10.0 Å². The molecule has 0 aliphatic carbocycles. The topological polar surface area (TPSA) is 79.3 Å². The molecule has 1 aromatic carbocycles. The number of benzene rings is 1. The first-order chi connectivity index (χ1) is 9.42. The highest BCUT2D eigenvalue weighted by molar-refractivity contribution is 7.92. The molecule has 0 aliphatic rings. The minimum atomic E-state index is -3.72. The van der Waals surface area contributed by atoms with Crippen LogP contribution in [-0.2, 0) is 16.6 Å². The van der Waals surface area contributed by atoms with Gasteiger partial charge in [0.2, 0.25) is 0 Å². The fourth-order valence-corrected chi connectivity index (χ4v) is 3.12. The number of aliphatic hydroxyl groups is 1. The predicted molar refractivity (Wildman–Crippen MR) is 76.9 cm³/mol. The predicted octanol–water partition coefficient (Wildman–Crippen LogP) is 1.99. The molecular weight excluding hydrogens is 276 g/mol. The van der Waals surface area contributed by atoms with Crippen molar-refractivity contribution in [2.45, 2.75) is 25.3 Å². The van der Waals surface area contributed by atoms with Crippen LogP contribution in [0.25, 0.3) is 0 Å². The van der Waals surface area contributed by atoms with E-state index in [4.69, 9.17) is 5.11 Å². The maximum absolute atomic E-state index is 12.4. The zero-order valence-corrected chi connectivity index (χ0v) is 12.1. The van der Waals surface area contributed by atoms with Gasteiger partial charge in [0.1, 0.15) is 5.82 Å². The Morgan fingerprint density at radius 3 is 2.60 bits per heavy atom. The summed E-state index contributed by atoms with van der Waals surface area (Å²) in [5.41, 5.74) is 1.89. The number of aryl methyl sites for hydroxylation is 2. The van der Waals surface area contributed by atoms with E-state index in [9.17, 15) is 8.42 Å². The van der Waals surface area contributed by atoms with Gasteiger partial charge >= 0.3 is 0 Å². The van der Waals surface area contributed by atoms with E-state index in [1.54, 1.807) is 44.2 Å². The number of hydrogen-bond donors (Lipinski definition) is 2. The first-order valence-corrected chi connectivity index (χ1v) is 7.57. The number of nitrogens with zero attached hydrogens (tertiary/aromatic N) is 1. The molecule has 0 atom stereocenters. The third kappa shape index (κ3) is 3.15. The van der Waals surface area contributed by atoms with Crippen LogP contribution in [-0.4, -0.2) is 18.5 Å². The largest absolute Gasteiger partial charge is 0.392 e. The molecule has 0 saturated carbocycles. The Balaban J connectivity index is 2.40. The SMILES string of the molecule is Cc1cccc(NS(=O)(=O)c2cc(CO)ccc2C)n1. The first-order valence-electron chi connectivity index (χ1n) is 6.09. The van der Waals surface area contributed by atoms with Crippen LogP contribution in [0.1, 0.15) is 16.8 Å². The summed E-state index contributed by atoms with van der Waals surface area (Å²) in [6.45, 7) is 3.29. The highest BCUT2D eigenvalue weighted by Gasteiger charge is 2.18. The Kier molecular flexibility index (Phi) is 4.06. The van der Waals surface area contributed by atoms with Crippen molar-refractivity contribution in [3.8, 4) is 0 Å². The highest BCUT2D eigenvalue weighted by atomic mass is 32.2. The molecule has 0 amide bonds. The molecule has 0 aliphatic heterocycles. The number of aromatic nitrogens is 1. The van der Waals surface area contributed by atoms with E-state index in [0.29, 0.717) is 11.1 Å². The van der Waals surface area contributed by atoms with E-state index in [1.807, 2.05) is 0 Å². The second kappa shape index (κ2) is 5.60. The second-order valence-corrected chi connectivity index (χ2v) is 6.18. The molecule has 106 valence electrons. The summed E-state index contributed by atoms with van der Waals surface area (Å²) in [6.07, 6.45) is 0. The lowest BCUT2D eigenvalue weighted by Gasteiger charge is -2.11. The number of hydrogen-bond acceptors (Lipinski definition) is 4. The summed E-state index contributed by atoms with van der Waals surface area (Å²) in [5.74, 6) is 0.277. The monoisotopic (exact) mass is 292 g/mol. The van der Waals surface area contributed by atoms with Crippen molar-refractivity contribution in [3.63, 3.8) is 0 Å². The lowest BCUT2D eigenvalue weighted by molar-refractivity contribution is 0.281. The van der Waals surface area contributed by atoms with Crippen LogP contribution in [0.3, 0.4) is 0 Å². The Bertz CT molecular complexity index is 727. The minimum Gasteiger partial charge on any atom is -0.392 e. The molecule has 0 bridgehead atoms. The Morgan fingerprint density at radius 2 is 1.95 bits per heavy atom. The van der Waals surface area contributed by atoms with Crippen molar-refractivity contribution in [2.24, 2.45) is 0 Å². The summed E-state index contributed by atoms with van der Waals surface area (Å²) in [7, 11) is -3.72.